The van der Waals surface area contributed by atoms with Gasteiger partial charge in [0.25, 0.3) is 5.69 Å². The summed E-state index contributed by atoms with van der Waals surface area (Å²) >= 11 is 0. The number of rotatable bonds is 2. The van der Waals surface area contributed by atoms with Gasteiger partial charge in [0.1, 0.15) is 6.07 Å². The lowest BCUT2D eigenvalue weighted by molar-refractivity contribution is -0.384. The van der Waals surface area contributed by atoms with Crippen LogP contribution in [0.1, 0.15) is 11.3 Å². The number of anilines is 1. The van der Waals surface area contributed by atoms with Crippen LogP contribution in [0.4, 0.5) is 11.6 Å². The smallest absolute Gasteiger partial charge is 0.270 e. The number of nitrogens with zero attached hydrogens (tertiary/aromatic N) is 3. The Kier molecular flexibility index (Phi) is 2.69. The molecular weight excluding hydrogens is 236 g/mol. The van der Waals surface area contributed by atoms with Gasteiger partial charge in [-0.3, -0.25) is 10.1 Å². The van der Waals surface area contributed by atoms with Crippen molar-refractivity contribution in [2.75, 3.05) is 5.73 Å². The number of aryl methyl sites for hydroxylation is 1. The van der Waals surface area contributed by atoms with Crippen molar-refractivity contribution in [3.05, 3.63) is 39.6 Å². The summed E-state index contributed by atoms with van der Waals surface area (Å²) in [5, 5.41) is 19.5. The van der Waals surface area contributed by atoms with Gasteiger partial charge in [0.15, 0.2) is 0 Å². The quantitative estimate of drug-likeness (QED) is 0.637. The summed E-state index contributed by atoms with van der Waals surface area (Å²) in [6.07, 6.45) is 0. The molecule has 0 saturated carbocycles. The highest BCUT2D eigenvalue weighted by Crippen LogP contribution is 2.27. The predicted molar refractivity (Wildman–Crippen MR) is 62.5 cm³/mol. The molecule has 2 rings (SSSR count). The molecule has 0 spiro atoms. The largest absolute Gasteiger partial charge is 0.419 e. The topological polar surface area (TPSA) is 119 Å². The van der Waals surface area contributed by atoms with Crippen molar-refractivity contribution < 1.29 is 9.34 Å². The molecule has 0 aliphatic rings. The zero-order valence-corrected chi connectivity index (χ0v) is 9.38. The fourth-order valence-electron chi connectivity index (χ4n) is 1.53. The molecule has 7 nitrogen and oxygen atoms in total. The highest BCUT2D eigenvalue weighted by atomic mass is 16.6. The van der Waals surface area contributed by atoms with Crippen molar-refractivity contribution in [1.82, 2.24) is 4.98 Å². The molecule has 0 saturated heterocycles. The van der Waals surface area contributed by atoms with Gasteiger partial charge in [-0.2, -0.15) is 10.2 Å². The number of aromatic nitrogens is 1. The summed E-state index contributed by atoms with van der Waals surface area (Å²) in [6, 6.07) is 6.19. The van der Waals surface area contributed by atoms with Gasteiger partial charge in [0.05, 0.1) is 4.92 Å². The molecule has 1 aromatic carbocycles. The van der Waals surface area contributed by atoms with Crippen LogP contribution in [-0.4, -0.2) is 9.91 Å². The van der Waals surface area contributed by atoms with Gasteiger partial charge in [0, 0.05) is 17.7 Å². The molecule has 0 atom stereocenters. The average molecular weight is 244 g/mol. The van der Waals surface area contributed by atoms with E-state index in [9.17, 15) is 10.1 Å². The number of nitrogen functional groups attached to an aromatic ring is 1. The zero-order chi connectivity index (χ0) is 13.3. The van der Waals surface area contributed by atoms with E-state index in [0.29, 0.717) is 11.1 Å². The molecule has 0 radical (unpaired) electrons. The van der Waals surface area contributed by atoms with Crippen LogP contribution in [0.5, 0.6) is 0 Å². The number of nitro groups is 1. The molecule has 0 bridgehead atoms. The fraction of sp³-hybridized carbons (Fsp3) is 0.0909. The Bertz CT molecular complexity index is 669. The second kappa shape index (κ2) is 4.18. The monoisotopic (exact) mass is 244 g/mol. The van der Waals surface area contributed by atoms with Crippen molar-refractivity contribution >= 4 is 11.6 Å². The first-order chi connectivity index (χ1) is 8.51. The van der Waals surface area contributed by atoms with E-state index in [1.165, 1.54) is 12.1 Å². The summed E-state index contributed by atoms with van der Waals surface area (Å²) < 4.78 is 5.10. The van der Waals surface area contributed by atoms with E-state index in [1.807, 2.05) is 0 Å². The van der Waals surface area contributed by atoms with E-state index in [2.05, 4.69) is 4.98 Å². The van der Waals surface area contributed by atoms with Crippen LogP contribution in [-0.2, 0) is 0 Å². The van der Waals surface area contributed by atoms with Crippen LogP contribution in [0.25, 0.3) is 11.5 Å². The lowest BCUT2D eigenvalue weighted by Crippen LogP contribution is -1.90. The maximum absolute atomic E-state index is 10.7. The third-order valence-corrected chi connectivity index (χ3v) is 2.28. The minimum absolute atomic E-state index is 0.0332. The van der Waals surface area contributed by atoms with Crippen molar-refractivity contribution in [2.24, 2.45) is 0 Å². The Morgan fingerprint density at radius 3 is 2.78 bits per heavy atom. The predicted octanol–water partition coefficient (Wildman–Crippen LogP) is 2.01. The molecule has 90 valence electrons. The molecule has 0 aliphatic carbocycles. The number of nitrogens with two attached hydrogens (primary N) is 1. The number of nitriles is 1. The van der Waals surface area contributed by atoms with Gasteiger partial charge in [-0.05, 0) is 18.6 Å². The van der Waals surface area contributed by atoms with Crippen LogP contribution in [0.2, 0.25) is 0 Å². The Balaban J connectivity index is 2.57. The lowest BCUT2D eigenvalue weighted by Gasteiger charge is -1.98. The first-order valence-corrected chi connectivity index (χ1v) is 4.94. The van der Waals surface area contributed by atoms with Crippen LogP contribution >= 0.6 is 0 Å². The summed E-state index contributed by atoms with van der Waals surface area (Å²) in [5.41, 5.74) is 6.44. The van der Waals surface area contributed by atoms with Crippen LogP contribution in [0.15, 0.2) is 22.6 Å². The highest BCUT2D eigenvalue weighted by Gasteiger charge is 2.15. The summed E-state index contributed by atoms with van der Waals surface area (Å²) in [5.74, 6) is -0.00694. The van der Waals surface area contributed by atoms with Gasteiger partial charge in [0.2, 0.25) is 17.5 Å². The van der Waals surface area contributed by atoms with Crippen LogP contribution in [0, 0.1) is 28.4 Å². The molecule has 0 amide bonds. The maximum Gasteiger partial charge on any atom is 0.270 e. The first-order valence-electron chi connectivity index (χ1n) is 4.94. The van der Waals surface area contributed by atoms with Crippen molar-refractivity contribution in [3.8, 4) is 17.5 Å². The number of hydrogen-bond donors (Lipinski definition) is 1. The Morgan fingerprint density at radius 2 is 2.22 bits per heavy atom. The van der Waals surface area contributed by atoms with Gasteiger partial charge in [-0.15, -0.1) is 0 Å². The minimum Gasteiger partial charge on any atom is -0.419 e. The molecule has 1 heterocycles. The Hall–Kier alpha value is -2.88. The SMILES string of the molecule is Cc1cc(-c2nc(C#N)c(N)o2)cc([N+](=O)[O-])c1. The summed E-state index contributed by atoms with van der Waals surface area (Å²) in [4.78, 5) is 14.1. The third kappa shape index (κ3) is 1.99. The van der Waals surface area contributed by atoms with E-state index < -0.39 is 4.92 Å². The fourth-order valence-corrected chi connectivity index (χ4v) is 1.53. The Labute approximate surface area is 102 Å². The Morgan fingerprint density at radius 1 is 1.50 bits per heavy atom. The van der Waals surface area contributed by atoms with Gasteiger partial charge in [-0.25, -0.2) is 0 Å². The number of oxazole rings is 1. The molecule has 2 N–H and O–H groups in total. The van der Waals surface area contributed by atoms with E-state index in [-0.39, 0.29) is 23.2 Å². The first kappa shape index (κ1) is 11.6. The summed E-state index contributed by atoms with van der Waals surface area (Å²) in [6.45, 7) is 1.72. The van der Waals surface area contributed by atoms with Crippen LogP contribution < -0.4 is 5.73 Å². The second-order valence-electron chi connectivity index (χ2n) is 3.66. The minimum atomic E-state index is -0.506. The van der Waals surface area contributed by atoms with Crippen LogP contribution in [0.3, 0.4) is 0 Å². The molecule has 7 heteroatoms. The molecule has 1 aromatic heterocycles. The average Bonchev–Trinajstić information content (AvgIpc) is 2.69. The molecule has 0 aliphatic heterocycles. The number of benzene rings is 1. The van der Waals surface area contributed by atoms with E-state index in [4.69, 9.17) is 15.4 Å². The van der Waals surface area contributed by atoms with E-state index in [0.717, 1.165) is 0 Å². The standard InChI is InChI=1S/C11H8N4O3/c1-6-2-7(4-8(3-6)15(16)17)11-14-9(5-12)10(13)18-11/h2-4H,13H2,1H3. The van der Waals surface area contributed by atoms with E-state index in [1.54, 1.807) is 19.1 Å². The molecule has 18 heavy (non-hydrogen) atoms. The lowest BCUT2D eigenvalue weighted by atomic mass is 10.1. The number of hydrogen-bond acceptors (Lipinski definition) is 6. The second-order valence-corrected chi connectivity index (χ2v) is 3.66. The maximum atomic E-state index is 10.7. The molecule has 0 unspecified atom stereocenters. The number of nitro benzene ring substituents is 1. The molecular formula is C11H8N4O3. The normalized spacial score (nSPS) is 10.0. The van der Waals surface area contributed by atoms with Gasteiger partial charge >= 0.3 is 0 Å². The number of non-ortho nitro benzene ring substituents is 1. The van der Waals surface area contributed by atoms with Gasteiger partial charge < -0.3 is 10.2 Å². The van der Waals surface area contributed by atoms with Crippen molar-refractivity contribution in [1.29, 1.82) is 5.26 Å². The summed E-state index contributed by atoms with van der Waals surface area (Å²) in [7, 11) is 0. The molecule has 0 fully saturated rings. The third-order valence-electron chi connectivity index (χ3n) is 2.28. The van der Waals surface area contributed by atoms with Crippen molar-refractivity contribution in [2.45, 2.75) is 6.92 Å². The zero-order valence-electron chi connectivity index (χ0n) is 9.38. The van der Waals surface area contributed by atoms with Gasteiger partial charge in [-0.1, -0.05) is 0 Å². The molecule has 2 aromatic rings. The van der Waals surface area contributed by atoms with E-state index >= 15 is 0 Å². The van der Waals surface area contributed by atoms with Crippen molar-refractivity contribution in [3.63, 3.8) is 0 Å². The highest BCUT2D eigenvalue weighted by molar-refractivity contribution is 5.62.